The van der Waals surface area contributed by atoms with E-state index in [0.29, 0.717) is 5.82 Å². The Hall–Kier alpha value is -3.26. The van der Waals surface area contributed by atoms with E-state index in [-0.39, 0.29) is 33.2 Å². The molecule has 33 heavy (non-hydrogen) atoms. The van der Waals surface area contributed by atoms with Gasteiger partial charge in [0.25, 0.3) is 10.0 Å². The molecule has 2 N–H and O–H groups in total. The lowest BCUT2D eigenvalue weighted by molar-refractivity contribution is -0.144. The predicted octanol–water partition coefficient (Wildman–Crippen LogP) is 2.74. The van der Waals surface area contributed by atoms with E-state index in [4.69, 9.17) is 9.84 Å². The molecule has 0 spiro atoms. The zero-order valence-electron chi connectivity index (χ0n) is 17.6. The van der Waals surface area contributed by atoms with Gasteiger partial charge in [0.15, 0.2) is 27.9 Å². The number of hydrogen-bond donors (Lipinski definition) is 2. The maximum Gasteiger partial charge on any atom is 0.344 e. The number of aliphatic carboxylic acids is 1. The molecule has 0 amide bonds. The predicted molar refractivity (Wildman–Crippen MR) is 114 cm³/mol. The lowest BCUT2D eigenvalue weighted by Gasteiger charge is -2.13. The van der Waals surface area contributed by atoms with Gasteiger partial charge < -0.3 is 14.4 Å². The van der Waals surface area contributed by atoms with E-state index in [0.717, 1.165) is 23.9 Å². The number of anilines is 1. The Labute approximate surface area is 192 Å². The van der Waals surface area contributed by atoms with Crippen molar-refractivity contribution in [3.8, 4) is 5.88 Å². The zero-order valence-corrected chi connectivity index (χ0v) is 19.2. The molecule has 0 saturated carbocycles. The second-order valence-corrected chi connectivity index (χ2v) is 9.39. The van der Waals surface area contributed by atoms with Crippen LogP contribution in [0.3, 0.4) is 0 Å². The summed E-state index contributed by atoms with van der Waals surface area (Å²) in [6, 6.07) is 4.82. The van der Waals surface area contributed by atoms with Crippen LogP contribution in [0.1, 0.15) is 18.3 Å². The van der Waals surface area contributed by atoms with Crippen LogP contribution in [-0.4, -0.2) is 45.1 Å². The average Bonchev–Trinajstić information content (AvgIpc) is 3.08. The number of benzene rings is 1. The highest BCUT2D eigenvalue weighted by atomic mass is 32.2. The Balaban J connectivity index is 1.91. The molecule has 2 aromatic heterocycles. The van der Waals surface area contributed by atoms with E-state index >= 15 is 0 Å². The smallest absolute Gasteiger partial charge is 0.344 e. The maximum absolute atomic E-state index is 13.9. The minimum atomic E-state index is -4.14. The minimum Gasteiger partial charge on any atom is -0.479 e. The highest BCUT2D eigenvalue weighted by Crippen LogP contribution is 2.27. The number of nitrogens with zero attached hydrogens (tertiary/aromatic N) is 4. The summed E-state index contributed by atoms with van der Waals surface area (Å²) in [7, 11) is -2.51. The van der Waals surface area contributed by atoms with Crippen molar-refractivity contribution in [2.45, 2.75) is 35.9 Å². The number of carboxylic acids is 1. The third kappa shape index (κ3) is 5.96. The summed E-state index contributed by atoms with van der Waals surface area (Å²) in [6.07, 6.45) is 0.0202. The number of carbonyl (C=O) groups is 1. The van der Waals surface area contributed by atoms with Crippen LogP contribution in [0.2, 0.25) is 0 Å². The van der Waals surface area contributed by atoms with Gasteiger partial charge in [-0.05, 0) is 19.9 Å². The zero-order chi connectivity index (χ0) is 24.3. The van der Waals surface area contributed by atoms with E-state index in [1.54, 1.807) is 14.0 Å². The van der Waals surface area contributed by atoms with Crippen LogP contribution >= 0.6 is 11.8 Å². The summed E-state index contributed by atoms with van der Waals surface area (Å²) in [4.78, 5) is 23.2. The Morgan fingerprint density at radius 3 is 2.67 bits per heavy atom. The van der Waals surface area contributed by atoms with Gasteiger partial charge >= 0.3 is 5.97 Å². The summed E-state index contributed by atoms with van der Waals surface area (Å²) in [5, 5.41) is 8.78. The molecule has 14 heteroatoms. The fraction of sp³-hybridized carbons (Fsp3) is 0.263. The highest BCUT2D eigenvalue weighted by molar-refractivity contribution is 7.98. The third-order valence-electron chi connectivity index (χ3n) is 4.32. The number of aromatic nitrogens is 4. The maximum atomic E-state index is 13.9. The Morgan fingerprint density at radius 1 is 1.30 bits per heavy atom. The molecule has 0 unspecified atom stereocenters. The Bertz CT molecular complexity index is 1280. The summed E-state index contributed by atoms with van der Waals surface area (Å²) in [5.74, 6) is -3.36. The molecule has 0 fully saturated rings. The largest absolute Gasteiger partial charge is 0.479 e. The van der Waals surface area contributed by atoms with Gasteiger partial charge in [-0.25, -0.2) is 23.5 Å². The van der Waals surface area contributed by atoms with Gasteiger partial charge in [0.2, 0.25) is 5.88 Å². The van der Waals surface area contributed by atoms with Crippen molar-refractivity contribution in [2.24, 2.45) is 7.05 Å². The number of rotatable bonds is 9. The van der Waals surface area contributed by atoms with E-state index in [9.17, 15) is 22.0 Å². The van der Waals surface area contributed by atoms with Crippen molar-refractivity contribution in [1.82, 2.24) is 19.5 Å². The summed E-state index contributed by atoms with van der Waals surface area (Å²) < 4.78 is 61.8. The highest BCUT2D eigenvalue weighted by Gasteiger charge is 2.22. The molecule has 0 bridgehead atoms. The number of halogens is 2. The molecule has 10 nitrogen and oxygen atoms in total. The van der Waals surface area contributed by atoms with Crippen LogP contribution in [0.5, 0.6) is 5.88 Å². The van der Waals surface area contributed by atoms with E-state index in [1.165, 1.54) is 29.8 Å². The van der Waals surface area contributed by atoms with Crippen LogP contribution < -0.4 is 9.46 Å². The standard InChI is InChI=1S/C19H19F2N5O5S2/c1-10(18(27)28)31-15-7-14(25-33(29,30)16-8-26(3)11(2)22-16)23-19(24-15)32-9-12-5-4-6-13(20)17(12)21/h4-8,10H,9H2,1-3H3,(H,27,28)(H,23,24,25)/t10-/m0/s1. The second kappa shape index (κ2) is 9.70. The molecule has 3 aromatic rings. The number of nitrogens with one attached hydrogen (secondary N) is 1. The summed E-state index contributed by atoms with van der Waals surface area (Å²) in [5.41, 5.74) is 0.0416. The summed E-state index contributed by atoms with van der Waals surface area (Å²) in [6.45, 7) is 2.89. The number of thioether (sulfide) groups is 1. The summed E-state index contributed by atoms with van der Waals surface area (Å²) >= 11 is 0.878. The first kappa shape index (κ1) is 24.4. The lowest BCUT2D eigenvalue weighted by Crippen LogP contribution is -2.23. The van der Waals surface area contributed by atoms with Crippen LogP contribution in [0, 0.1) is 18.6 Å². The second-order valence-electron chi connectivity index (χ2n) is 6.82. The van der Waals surface area contributed by atoms with E-state index < -0.39 is 33.7 Å². The number of hydrogen-bond acceptors (Lipinski definition) is 8. The molecule has 2 heterocycles. The first-order valence-corrected chi connectivity index (χ1v) is 11.8. The lowest BCUT2D eigenvalue weighted by atomic mass is 10.2. The fourth-order valence-corrected chi connectivity index (χ4v) is 4.32. The molecule has 0 aliphatic heterocycles. The number of imidazole rings is 1. The fourth-order valence-electron chi connectivity index (χ4n) is 2.46. The van der Waals surface area contributed by atoms with Gasteiger partial charge in [0, 0.05) is 30.6 Å². The SMILES string of the molecule is Cc1nc(S(=O)(=O)Nc2cc(O[C@@H](C)C(=O)O)nc(SCc3cccc(F)c3F)n2)cn1C. The molecule has 1 aromatic carbocycles. The van der Waals surface area contributed by atoms with Crippen LogP contribution in [0.15, 0.2) is 40.6 Å². The van der Waals surface area contributed by atoms with Crippen molar-refractivity contribution < 1.29 is 31.8 Å². The van der Waals surface area contributed by atoms with Gasteiger partial charge in [-0.3, -0.25) is 4.72 Å². The van der Waals surface area contributed by atoms with Crippen molar-refractivity contribution in [1.29, 1.82) is 0 Å². The minimum absolute atomic E-state index is 0.0416. The van der Waals surface area contributed by atoms with Crippen molar-refractivity contribution in [3.63, 3.8) is 0 Å². The van der Waals surface area contributed by atoms with Crippen LogP contribution in [-0.2, 0) is 27.6 Å². The number of aryl methyl sites for hydroxylation is 2. The quantitative estimate of drug-likeness (QED) is 0.336. The van der Waals surface area contributed by atoms with Crippen molar-refractivity contribution in [3.05, 3.63) is 53.5 Å². The molecule has 176 valence electrons. The first-order chi connectivity index (χ1) is 15.5. The Morgan fingerprint density at radius 2 is 2.03 bits per heavy atom. The van der Waals surface area contributed by atoms with Crippen LogP contribution in [0.25, 0.3) is 0 Å². The van der Waals surface area contributed by atoms with Gasteiger partial charge in [-0.1, -0.05) is 23.9 Å². The third-order valence-corrected chi connectivity index (χ3v) is 6.44. The molecule has 0 aliphatic rings. The number of carboxylic acid groups (broad SMARTS) is 1. The van der Waals surface area contributed by atoms with E-state index in [2.05, 4.69) is 19.7 Å². The normalized spacial score (nSPS) is 12.4. The molecular weight excluding hydrogens is 480 g/mol. The monoisotopic (exact) mass is 499 g/mol. The van der Waals surface area contributed by atoms with Crippen molar-refractivity contribution >= 4 is 33.6 Å². The van der Waals surface area contributed by atoms with Gasteiger partial charge in [0.1, 0.15) is 11.6 Å². The van der Waals surface area contributed by atoms with E-state index in [1.807, 2.05) is 0 Å². The van der Waals surface area contributed by atoms with Gasteiger partial charge in [-0.15, -0.1) is 0 Å². The number of sulfonamides is 1. The molecule has 1 atom stereocenters. The molecule has 0 saturated heterocycles. The van der Waals surface area contributed by atoms with Gasteiger partial charge in [-0.2, -0.15) is 13.4 Å². The molecule has 0 radical (unpaired) electrons. The molecule has 3 rings (SSSR count). The average molecular weight is 500 g/mol. The molecule has 0 aliphatic carbocycles. The van der Waals surface area contributed by atoms with Crippen LogP contribution in [0.4, 0.5) is 14.6 Å². The van der Waals surface area contributed by atoms with Crippen molar-refractivity contribution in [2.75, 3.05) is 4.72 Å². The first-order valence-electron chi connectivity index (χ1n) is 9.33. The van der Waals surface area contributed by atoms with Gasteiger partial charge in [0.05, 0.1) is 0 Å². The molecular formula is C19H19F2N5O5S2. The number of ether oxygens (including phenoxy) is 1. The Kier molecular flexibility index (Phi) is 7.17. The topological polar surface area (TPSA) is 136 Å².